The van der Waals surface area contributed by atoms with Crippen LogP contribution in [-0.4, -0.2) is 31.8 Å². The van der Waals surface area contributed by atoms with E-state index in [0.717, 1.165) is 0 Å². The maximum atomic E-state index is 11.6. The van der Waals surface area contributed by atoms with Crippen molar-refractivity contribution < 1.29 is 23.7 Å². The lowest BCUT2D eigenvalue weighted by atomic mass is 10.3. The Bertz CT molecular complexity index is 449. The first-order chi connectivity index (χ1) is 10.0. The maximum absolute atomic E-state index is 11.6. The molecule has 0 fully saturated rings. The summed E-state index contributed by atoms with van der Waals surface area (Å²) in [4.78, 5) is 11.6. The minimum atomic E-state index is -1.46. The monoisotopic (exact) mass is 294 g/mol. The summed E-state index contributed by atoms with van der Waals surface area (Å²) in [5.41, 5.74) is 0.302. The molecule has 0 unspecified atom stereocenters. The van der Waals surface area contributed by atoms with E-state index in [0.29, 0.717) is 24.5 Å². The van der Waals surface area contributed by atoms with E-state index < -0.39 is 11.9 Å². The van der Waals surface area contributed by atoms with Gasteiger partial charge in [0.25, 0.3) is 0 Å². The van der Waals surface area contributed by atoms with Gasteiger partial charge in [0.05, 0.1) is 13.2 Å². The molecule has 1 aromatic rings. The van der Waals surface area contributed by atoms with Gasteiger partial charge in [0.2, 0.25) is 0 Å². The third kappa shape index (κ3) is 5.57. The summed E-state index contributed by atoms with van der Waals surface area (Å²) < 4.78 is 22.0. The summed E-state index contributed by atoms with van der Waals surface area (Å²) in [6, 6.07) is 9.08. The van der Waals surface area contributed by atoms with Crippen LogP contribution in [0.1, 0.15) is 20.8 Å². The first-order valence-electron chi connectivity index (χ1n) is 6.87. The van der Waals surface area contributed by atoms with Gasteiger partial charge in [0.15, 0.2) is 6.61 Å². The van der Waals surface area contributed by atoms with Gasteiger partial charge in [-0.25, -0.2) is 4.79 Å². The number of rotatable bonds is 9. The van der Waals surface area contributed by atoms with E-state index in [-0.39, 0.29) is 6.61 Å². The fourth-order valence-electron chi connectivity index (χ4n) is 1.60. The third-order valence-corrected chi connectivity index (χ3v) is 2.47. The standard InChI is InChI=1S/C16H22O5/c1-5-19-16(20-6-2,12-18-15(17)13(3)4)21-14-10-8-7-9-11-14/h7-11H,3,5-6,12H2,1-2,4H3. The van der Waals surface area contributed by atoms with E-state index in [2.05, 4.69) is 6.58 Å². The van der Waals surface area contributed by atoms with Crippen LogP contribution in [0.3, 0.4) is 0 Å². The molecule has 0 saturated carbocycles. The molecule has 0 heterocycles. The van der Waals surface area contributed by atoms with Gasteiger partial charge in [-0.1, -0.05) is 24.8 Å². The van der Waals surface area contributed by atoms with Gasteiger partial charge in [-0.3, -0.25) is 0 Å². The number of carbonyl (C=O) groups excluding carboxylic acids is 1. The van der Waals surface area contributed by atoms with E-state index >= 15 is 0 Å². The van der Waals surface area contributed by atoms with Gasteiger partial charge in [0.1, 0.15) is 5.75 Å². The van der Waals surface area contributed by atoms with E-state index in [1.165, 1.54) is 0 Å². The smallest absolute Gasteiger partial charge is 0.363 e. The average molecular weight is 294 g/mol. The van der Waals surface area contributed by atoms with Crippen LogP contribution in [0.4, 0.5) is 0 Å². The minimum Gasteiger partial charge on any atom is -0.452 e. The lowest BCUT2D eigenvalue weighted by Crippen LogP contribution is -2.47. The molecule has 0 aliphatic carbocycles. The SMILES string of the molecule is C=C(C)C(=O)OCC(OCC)(OCC)Oc1ccccc1. The van der Waals surface area contributed by atoms with Crippen molar-refractivity contribution >= 4 is 5.97 Å². The molecule has 1 aromatic carbocycles. The predicted octanol–water partition coefficient (Wildman–Crippen LogP) is 2.91. The van der Waals surface area contributed by atoms with E-state index in [1.54, 1.807) is 19.1 Å². The molecule has 0 saturated heterocycles. The Morgan fingerprint density at radius 2 is 1.71 bits per heavy atom. The molecule has 0 radical (unpaired) electrons. The van der Waals surface area contributed by atoms with Crippen LogP contribution in [0.2, 0.25) is 0 Å². The Balaban J connectivity index is 2.86. The van der Waals surface area contributed by atoms with Gasteiger partial charge in [0, 0.05) is 5.57 Å². The second-order valence-electron chi connectivity index (χ2n) is 4.32. The quantitative estimate of drug-likeness (QED) is 0.398. The number of para-hydroxylation sites is 1. The van der Waals surface area contributed by atoms with Crippen molar-refractivity contribution in [1.82, 2.24) is 0 Å². The molecular formula is C16H22O5. The summed E-state index contributed by atoms with van der Waals surface area (Å²) in [5.74, 6) is -1.42. The molecule has 21 heavy (non-hydrogen) atoms. The molecule has 5 heteroatoms. The van der Waals surface area contributed by atoms with Gasteiger partial charge < -0.3 is 18.9 Å². The maximum Gasteiger partial charge on any atom is 0.363 e. The van der Waals surface area contributed by atoms with Gasteiger partial charge in [-0.05, 0) is 32.9 Å². The molecule has 0 amide bonds. The zero-order valence-electron chi connectivity index (χ0n) is 12.8. The topological polar surface area (TPSA) is 54.0 Å². The summed E-state index contributed by atoms with van der Waals surface area (Å²) in [5, 5.41) is 0. The molecule has 0 aromatic heterocycles. The van der Waals surface area contributed by atoms with Crippen LogP contribution in [0, 0.1) is 0 Å². The Hall–Kier alpha value is -1.85. The fourth-order valence-corrected chi connectivity index (χ4v) is 1.60. The van der Waals surface area contributed by atoms with Crippen LogP contribution in [0.25, 0.3) is 0 Å². The van der Waals surface area contributed by atoms with Crippen LogP contribution >= 0.6 is 0 Å². The lowest BCUT2D eigenvalue weighted by molar-refractivity contribution is -0.353. The number of carbonyl (C=O) groups is 1. The zero-order valence-corrected chi connectivity index (χ0v) is 12.8. The molecule has 0 aliphatic heterocycles. The van der Waals surface area contributed by atoms with Crippen LogP contribution in [0.5, 0.6) is 5.75 Å². The molecule has 0 bridgehead atoms. The number of esters is 1. The second-order valence-corrected chi connectivity index (χ2v) is 4.32. The number of ether oxygens (including phenoxy) is 4. The summed E-state index contributed by atoms with van der Waals surface area (Å²) in [6.45, 7) is 9.23. The Morgan fingerprint density at radius 1 is 1.14 bits per heavy atom. The highest BCUT2D eigenvalue weighted by molar-refractivity contribution is 5.86. The van der Waals surface area contributed by atoms with Crippen molar-refractivity contribution in [1.29, 1.82) is 0 Å². The third-order valence-electron chi connectivity index (χ3n) is 2.47. The molecule has 5 nitrogen and oxygen atoms in total. The van der Waals surface area contributed by atoms with Crippen molar-refractivity contribution in [2.45, 2.75) is 26.7 Å². The molecule has 0 aliphatic rings. The predicted molar refractivity (Wildman–Crippen MR) is 78.8 cm³/mol. The Kier molecular flexibility index (Phi) is 6.91. The molecule has 0 spiro atoms. The summed E-state index contributed by atoms with van der Waals surface area (Å²) in [7, 11) is 0. The Morgan fingerprint density at radius 3 is 2.19 bits per heavy atom. The highest BCUT2D eigenvalue weighted by atomic mass is 16.9. The second kappa shape index (κ2) is 8.44. The first kappa shape index (κ1) is 17.2. The summed E-state index contributed by atoms with van der Waals surface area (Å²) >= 11 is 0. The number of hydrogen-bond donors (Lipinski definition) is 0. The van der Waals surface area contributed by atoms with Crippen LogP contribution in [0.15, 0.2) is 42.5 Å². The van der Waals surface area contributed by atoms with Gasteiger partial charge in [-0.15, -0.1) is 0 Å². The molecule has 116 valence electrons. The van der Waals surface area contributed by atoms with Crippen molar-refractivity contribution in [3.63, 3.8) is 0 Å². The average Bonchev–Trinajstić information content (AvgIpc) is 2.46. The zero-order chi connectivity index (χ0) is 15.7. The fraction of sp³-hybridized carbons (Fsp3) is 0.438. The van der Waals surface area contributed by atoms with Crippen molar-refractivity contribution in [3.05, 3.63) is 42.5 Å². The normalized spacial score (nSPS) is 11.0. The van der Waals surface area contributed by atoms with Crippen LogP contribution in [-0.2, 0) is 19.0 Å². The molecule has 0 N–H and O–H groups in total. The largest absolute Gasteiger partial charge is 0.452 e. The van der Waals surface area contributed by atoms with E-state index in [9.17, 15) is 4.79 Å². The number of hydrogen-bond acceptors (Lipinski definition) is 5. The van der Waals surface area contributed by atoms with Gasteiger partial charge >= 0.3 is 11.9 Å². The highest BCUT2D eigenvalue weighted by Gasteiger charge is 2.37. The molecule has 0 atom stereocenters. The highest BCUT2D eigenvalue weighted by Crippen LogP contribution is 2.22. The number of benzene rings is 1. The van der Waals surface area contributed by atoms with E-state index in [1.807, 2.05) is 32.0 Å². The molecule has 1 rings (SSSR count). The molecular weight excluding hydrogens is 272 g/mol. The van der Waals surface area contributed by atoms with Crippen LogP contribution < -0.4 is 4.74 Å². The van der Waals surface area contributed by atoms with E-state index in [4.69, 9.17) is 18.9 Å². The van der Waals surface area contributed by atoms with Gasteiger partial charge in [-0.2, -0.15) is 0 Å². The van der Waals surface area contributed by atoms with Crippen molar-refractivity contribution in [2.24, 2.45) is 0 Å². The van der Waals surface area contributed by atoms with Crippen molar-refractivity contribution in [2.75, 3.05) is 19.8 Å². The minimum absolute atomic E-state index is 0.185. The lowest BCUT2D eigenvalue weighted by Gasteiger charge is -2.32. The van der Waals surface area contributed by atoms with Crippen molar-refractivity contribution in [3.8, 4) is 5.75 Å². The Labute approximate surface area is 125 Å². The summed E-state index contributed by atoms with van der Waals surface area (Å²) in [6.07, 6.45) is 0. The first-order valence-corrected chi connectivity index (χ1v) is 6.87.